The third-order valence-corrected chi connectivity index (χ3v) is 1.96. The summed E-state index contributed by atoms with van der Waals surface area (Å²) in [7, 11) is 0. The van der Waals surface area contributed by atoms with Crippen LogP contribution in [0.4, 0.5) is 4.79 Å². The topological polar surface area (TPSA) is 127 Å². The van der Waals surface area contributed by atoms with E-state index in [-0.39, 0.29) is 0 Å². The second-order valence-corrected chi connectivity index (χ2v) is 4.41. The fourth-order valence-electron chi connectivity index (χ4n) is 1.40. The van der Waals surface area contributed by atoms with Crippen LogP contribution in [0.25, 0.3) is 0 Å². The van der Waals surface area contributed by atoms with Crippen molar-refractivity contribution in [3.8, 4) is 0 Å². The predicted octanol–water partition coefficient (Wildman–Crippen LogP) is -0.506. The Hall–Kier alpha value is -1.79. The monoisotopic (exact) mass is 231 g/mol. The van der Waals surface area contributed by atoms with Crippen molar-refractivity contribution < 1.29 is 19.5 Å². The van der Waals surface area contributed by atoms with Gasteiger partial charge in [0.05, 0.1) is 6.42 Å². The van der Waals surface area contributed by atoms with E-state index in [4.69, 9.17) is 16.6 Å². The number of nitrogens with two attached hydrogens (primary N) is 2. The quantitative estimate of drug-likeness (QED) is 0.602. The zero-order valence-corrected chi connectivity index (χ0v) is 9.56. The third-order valence-electron chi connectivity index (χ3n) is 1.96. The van der Waals surface area contributed by atoms with Gasteiger partial charge < -0.3 is 16.6 Å². The molecule has 0 aliphatic rings. The van der Waals surface area contributed by atoms with Crippen molar-refractivity contribution in [2.75, 3.05) is 0 Å². The maximum atomic E-state index is 11.1. The summed E-state index contributed by atoms with van der Waals surface area (Å²) < 4.78 is 0. The second-order valence-electron chi connectivity index (χ2n) is 4.41. The van der Waals surface area contributed by atoms with Crippen LogP contribution >= 0.6 is 0 Å². The van der Waals surface area contributed by atoms with Gasteiger partial charge in [-0.05, 0) is 20.8 Å². The van der Waals surface area contributed by atoms with Gasteiger partial charge in [-0.15, -0.1) is 0 Å². The molecular formula is C9H17N3O4. The standard InChI is InChI=1S/C9H17N3O4/c1-9(2,3)12(8(15)16)5(7(11)14)4-6(10)13/h5H,4H2,1-3H3,(H2,10,13)(H2,11,14)(H,15,16). The van der Waals surface area contributed by atoms with E-state index >= 15 is 0 Å². The molecule has 0 aromatic carbocycles. The highest BCUT2D eigenvalue weighted by molar-refractivity contribution is 5.89. The minimum atomic E-state index is -1.32. The lowest BCUT2D eigenvalue weighted by atomic mass is 10.0. The van der Waals surface area contributed by atoms with Gasteiger partial charge in [-0.2, -0.15) is 0 Å². The summed E-state index contributed by atoms with van der Waals surface area (Å²) in [6.07, 6.45) is -1.74. The molecule has 0 bridgehead atoms. The molecule has 3 amide bonds. The molecule has 0 aliphatic carbocycles. The summed E-state index contributed by atoms with van der Waals surface area (Å²) in [4.78, 5) is 33.8. The van der Waals surface area contributed by atoms with Crippen molar-refractivity contribution >= 4 is 17.9 Å². The minimum Gasteiger partial charge on any atom is -0.465 e. The summed E-state index contributed by atoms with van der Waals surface area (Å²) in [5.41, 5.74) is 9.17. The van der Waals surface area contributed by atoms with Crippen LogP contribution in [0.15, 0.2) is 0 Å². The minimum absolute atomic E-state index is 0.418. The predicted molar refractivity (Wildman–Crippen MR) is 56.4 cm³/mol. The lowest BCUT2D eigenvalue weighted by Gasteiger charge is -2.37. The van der Waals surface area contributed by atoms with Crippen molar-refractivity contribution in [3.05, 3.63) is 0 Å². The number of rotatable bonds is 4. The zero-order valence-electron chi connectivity index (χ0n) is 9.56. The Labute approximate surface area is 93.4 Å². The first kappa shape index (κ1) is 14.2. The third kappa shape index (κ3) is 3.76. The maximum absolute atomic E-state index is 11.1. The van der Waals surface area contributed by atoms with Crippen LogP contribution in [-0.4, -0.2) is 39.5 Å². The molecule has 0 spiro atoms. The molecular weight excluding hydrogens is 214 g/mol. The first-order valence-corrected chi connectivity index (χ1v) is 4.67. The molecule has 16 heavy (non-hydrogen) atoms. The summed E-state index contributed by atoms with van der Waals surface area (Å²) in [6, 6.07) is -1.24. The van der Waals surface area contributed by atoms with Crippen LogP contribution in [0.2, 0.25) is 0 Å². The van der Waals surface area contributed by atoms with E-state index in [1.807, 2.05) is 0 Å². The Morgan fingerprint density at radius 1 is 1.25 bits per heavy atom. The van der Waals surface area contributed by atoms with E-state index in [0.29, 0.717) is 0 Å². The second kappa shape index (κ2) is 4.82. The van der Waals surface area contributed by atoms with Gasteiger partial charge in [0.2, 0.25) is 11.8 Å². The first-order chi connectivity index (χ1) is 7.07. The summed E-state index contributed by atoms with van der Waals surface area (Å²) in [5, 5.41) is 9.01. The fourth-order valence-corrected chi connectivity index (χ4v) is 1.40. The van der Waals surface area contributed by atoms with Crippen molar-refractivity contribution in [1.82, 2.24) is 4.90 Å². The molecule has 0 heterocycles. The van der Waals surface area contributed by atoms with Gasteiger partial charge in [0.15, 0.2) is 0 Å². The lowest BCUT2D eigenvalue weighted by molar-refractivity contribution is -0.129. The Balaban J connectivity index is 5.19. The molecule has 5 N–H and O–H groups in total. The Morgan fingerprint density at radius 3 is 1.88 bits per heavy atom. The summed E-state index contributed by atoms with van der Waals surface area (Å²) in [5.74, 6) is -1.67. The number of carbonyl (C=O) groups excluding carboxylic acids is 2. The molecule has 0 radical (unpaired) electrons. The normalized spacial score (nSPS) is 12.9. The summed E-state index contributed by atoms with van der Waals surface area (Å²) in [6.45, 7) is 4.79. The molecule has 0 aliphatic heterocycles. The highest BCUT2D eigenvalue weighted by Crippen LogP contribution is 2.19. The molecule has 92 valence electrons. The van der Waals surface area contributed by atoms with Gasteiger partial charge in [-0.1, -0.05) is 0 Å². The molecule has 0 saturated heterocycles. The number of carboxylic acid groups (broad SMARTS) is 1. The van der Waals surface area contributed by atoms with E-state index in [9.17, 15) is 14.4 Å². The maximum Gasteiger partial charge on any atom is 0.408 e. The number of carbonyl (C=O) groups is 3. The van der Waals surface area contributed by atoms with Crippen LogP contribution in [0.5, 0.6) is 0 Å². The van der Waals surface area contributed by atoms with Gasteiger partial charge >= 0.3 is 6.09 Å². The fraction of sp³-hybridized carbons (Fsp3) is 0.667. The highest BCUT2D eigenvalue weighted by Gasteiger charge is 2.37. The van der Waals surface area contributed by atoms with E-state index in [1.54, 1.807) is 20.8 Å². The summed E-state index contributed by atoms with van der Waals surface area (Å²) >= 11 is 0. The average molecular weight is 231 g/mol. The molecule has 1 atom stereocenters. The number of nitrogens with zero attached hydrogens (tertiary/aromatic N) is 1. The van der Waals surface area contributed by atoms with Crippen molar-refractivity contribution in [2.24, 2.45) is 11.5 Å². The first-order valence-electron chi connectivity index (χ1n) is 4.67. The van der Waals surface area contributed by atoms with E-state index in [1.165, 1.54) is 0 Å². The van der Waals surface area contributed by atoms with E-state index in [2.05, 4.69) is 0 Å². The van der Waals surface area contributed by atoms with E-state index in [0.717, 1.165) is 4.90 Å². The molecule has 0 fully saturated rings. The highest BCUT2D eigenvalue weighted by atomic mass is 16.4. The number of hydrogen-bond acceptors (Lipinski definition) is 3. The molecule has 7 heteroatoms. The van der Waals surface area contributed by atoms with Gasteiger partial charge in [-0.3, -0.25) is 14.5 Å². The van der Waals surface area contributed by atoms with E-state index < -0.39 is 35.9 Å². The van der Waals surface area contributed by atoms with Crippen LogP contribution in [0.3, 0.4) is 0 Å². The van der Waals surface area contributed by atoms with Gasteiger partial charge in [-0.25, -0.2) is 4.79 Å². The lowest BCUT2D eigenvalue weighted by Crippen LogP contribution is -2.56. The average Bonchev–Trinajstić information content (AvgIpc) is 1.97. The smallest absolute Gasteiger partial charge is 0.408 e. The molecule has 0 aromatic rings. The SMILES string of the molecule is CC(C)(C)N(C(=O)O)C(CC(N)=O)C(N)=O. The van der Waals surface area contributed by atoms with Gasteiger partial charge in [0.1, 0.15) is 6.04 Å². The number of primary amides is 2. The van der Waals surface area contributed by atoms with Gasteiger partial charge in [0.25, 0.3) is 0 Å². The Kier molecular flexibility index (Phi) is 4.28. The van der Waals surface area contributed by atoms with Crippen LogP contribution in [0.1, 0.15) is 27.2 Å². The van der Waals surface area contributed by atoms with Crippen molar-refractivity contribution in [3.63, 3.8) is 0 Å². The number of amides is 3. The largest absolute Gasteiger partial charge is 0.465 e. The van der Waals surface area contributed by atoms with Crippen molar-refractivity contribution in [2.45, 2.75) is 38.8 Å². The zero-order chi connectivity index (χ0) is 13.1. The van der Waals surface area contributed by atoms with Gasteiger partial charge in [0, 0.05) is 5.54 Å². The molecule has 0 aromatic heterocycles. The Morgan fingerprint density at radius 2 is 1.69 bits per heavy atom. The molecule has 0 saturated carbocycles. The van der Waals surface area contributed by atoms with Crippen LogP contribution in [-0.2, 0) is 9.59 Å². The molecule has 7 nitrogen and oxygen atoms in total. The van der Waals surface area contributed by atoms with Crippen LogP contribution < -0.4 is 11.5 Å². The molecule has 1 unspecified atom stereocenters. The van der Waals surface area contributed by atoms with Crippen molar-refractivity contribution in [1.29, 1.82) is 0 Å². The molecule has 0 rings (SSSR count). The van der Waals surface area contributed by atoms with Crippen LogP contribution in [0, 0.1) is 0 Å². The Bertz CT molecular complexity index is 308. The number of hydrogen-bond donors (Lipinski definition) is 3.